The quantitative estimate of drug-likeness (QED) is 0.477. The van der Waals surface area contributed by atoms with E-state index in [0.717, 1.165) is 12.8 Å². The molecule has 3 nitrogen and oxygen atoms in total. The lowest BCUT2D eigenvalue weighted by molar-refractivity contribution is -0.168. The largest absolute Gasteiger partial charge is 0.463 e. The van der Waals surface area contributed by atoms with Gasteiger partial charge in [0.25, 0.3) is 0 Å². The molecule has 22 heavy (non-hydrogen) atoms. The molecule has 0 aliphatic carbocycles. The molecule has 0 aliphatic rings. The average Bonchev–Trinajstić information content (AvgIpc) is 2.30. The predicted octanol–water partition coefficient (Wildman–Crippen LogP) is 5.22. The summed E-state index contributed by atoms with van der Waals surface area (Å²) in [5, 5.41) is 0. The Kier molecular flexibility index (Phi) is 7.14. The Hall–Kier alpha value is -0.570. The van der Waals surface area contributed by atoms with Crippen LogP contribution < -0.4 is 0 Å². The molecule has 0 aromatic rings. The zero-order chi connectivity index (χ0) is 17.8. The van der Waals surface area contributed by atoms with E-state index in [1.807, 2.05) is 20.8 Å². The summed E-state index contributed by atoms with van der Waals surface area (Å²) in [5.74, 6) is -0.105. The molecule has 0 aromatic carbocycles. The van der Waals surface area contributed by atoms with Crippen molar-refractivity contribution in [1.29, 1.82) is 0 Å². The third-order valence-corrected chi connectivity index (χ3v) is 4.56. The summed E-state index contributed by atoms with van der Waals surface area (Å²) in [7, 11) is 0. The highest BCUT2D eigenvalue weighted by atomic mass is 16.6. The lowest BCUT2D eigenvalue weighted by atomic mass is 9.59. The molecule has 0 saturated carbocycles. The predicted molar refractivity (Wildman–Crippen MR) is 92.9 cm³/mol. The summed E-state index contributed by atoms with van der Waals surface area (Å²) in [6.07, 6.45) is 1.74. The Labute approximate surface area is 138 Å². The minimum absolute atomic E-state index is 0.0715. The summed E-state index contributed by atoms with van der Waals surface area (Å²) in [4.78, 5) is 12.8. The van der Waals surface area contributed by atoms with Gasteiger partial charge in [0.2, 0.25) is 0 Å². The van der Waals surface area contributed by atoms with Crippen LogP contribution in [0.25, 0.3) is 0 Å². The van der Waals surface area contributed by atoms with E-state index < -0.39 is 5.41 Å². The van der Waals surface area contributed by atoms with Gasteiger partial charge in [-0.2, -0.15) is 0 Å². The van der Waals surface area contributed by atoms with E-state index in [4.69, 9.17) is 9.47 Å². The molecule has 0 N–H and O–H groups in total. The van der Waals surface area contributed by atoms with Gasteiger partial charge < -0.3 is 9.47 Å². The van der Waals surface area contributed by atoms with E-state index in [0.29, 0.717) is 13.2 Å². The van der Waals surface area contributed by atoms with Gasteiger partial charge in [0.1, 0.15) is 6.61 Å². The van der Waals surface area contributed by atoms with Crippen molar-refractivity contribution in [1.82, 2.24) is 0 Å². The maximum atomic E-state index is 12.8. The van der Waals surface area contributed by atoms with Crippen LogP contribution in [0.5, 0.6) is 0 Å². The van der Waals surface area contributed by atoms with Crippen molar-refractivity contribution in [3.05, 3.63) is 0 Å². The highest BCUT2D eigenvalue weighted by Crippen LogP contribution is 2.49. The number of carbonyl (C=O) groups excluding carboxylic acids is 1. The summed E-state index contributed by atoms with van der Waals surface area (Å²) in [5.41, 5.74) is -0.740. The van der Waals surface area contributed by atoms with E-state index in [2.05, 4.69) is 48.5 Å². The topological polar surface area (TPSA) is 35.5 Å². The lowest BCUT2D eigenvalue weighted by Crippen LogP contribution is -2.45. The molecule has 0 heterocycles. The number of hydrogen-bond donors (Lipinski definition) is 0. The van der Waals surface area contributed by atoms with Crippen LogP contribution in [0.1, 0.15) is 82.1 Å². The number of carbonyl (C=O) groups is 1. The summed E-state index contributed by atoms with van der Waals surface area (Å²) in [6.45, 7) is 21.8. The van der Waals surface area contributed by atoms with E-state index in [-0.39, 0.29) is 22.4 Å². The standard InChI is InChI=1S/C19H38O3/c1-11-18(8,9)19(10,14-16(2,3)4)15(20)21-12-13-22-17(5,6)7/h11-14H2,1-10H3. The second-order valence-corrected chi connectivity index (χ2v) is 9.40. The van der Waals surface area contributed by atoms with Crippen molar-refractivity contribution in [3.63, 3.8) is 0 Å². The Morgan fingerprint density at radius 1 is 0.864 bits per heavy atom. The molecule has 132 valence electrons. The smallest absolute Gasteiger partial charge is 0.312 e. The van der Waals surface area contributed by atoms with Crippen LogP contribution in [0.15, 0.2) is 0 Å². The lowest BCUT2D eigenvalue weighted by Gasteiger charge is -2.45. The molecule has 0 aliphatic heterocycles. The van der Waals surface area contributed by atoms with Gasteiger partial charge in [0.15, 0.2) is 0 Å². The van der Waals surface area contributed by atoms with Crippen LogP contribution in [0.3, 0.4) is 0 Å². The third-order valence-electron chi connectivity index (χ3n) is 4.56. The molecule has 0 saturated heterocycles. The third kappa shape index (κ3) is 6.68. The van der Waals surface area contributed by atoms with Crippen molar-refractivity contribution in [3.8, 4) is 0 Å². The molecular weight excluding hydrogens is 276 g/mol. The molecular formula is C19H38O3. The fourth-order valence-corrected chi connectivity index (χ4v) is 2.68. The minimum atomic E-state index is -0.498. The average molecular weight is 315 g/mol. The second-order valence-electron chi connectivity index (χ2n) is 9.40. The van der Waals surface area contributed by atoms with Gasteiger partial charge in [0.05, 0.1) is 17.6 Å². The van der Waals surface area contributed by atoms with Gasteiger partial charge in [0, 0.05) is 0 Å². The minimum Gasteiger partial charge on any atom is -0.463 e. The van der Waals surface area contributed by atoms with Crippen LogP contribution in [0.2, 0.25) is 0 Å². The summed E-state index contributed by atoms with van der Waals surface area (Å²) >= 11 is 0. The number of hydrogen-bond acceptors (Lipinski definition) is 3. The van der Waals surface area contributed by atoms with Gasteiger partial charge in [-0.25, -0.2) is 0 Å². The molecule has 3 heteroatoms. The van der Waals surface area contributed by atoms with Crippen molar-refractivity contribution in [2.45, 2.75) is 87.7 Å². The van der Waals surface area contributed by atoms with Crippen molar-refractivity contribution < 1.29 is 14.3 Å². The van der Waals surface area contributed by atoms with Gasteiger partial charge in [-0.3, -0.25) is 4.79 Å². The van der Waals surface area contributed by atoms with Crippen LogP contribution >= 0.6 is 0 Å². The molecule has 1 atom stereocenters. The molecule has 0 fully saturated rings. The maximum Gasteiger partial charge on any atom is 0.312 e. The normalized spacial score (nSPS) is 16.3. The van der Waals surface area contributed by atoms with E-state index in [9.17, 15) is 4.79 Å². The van der Waals surface area contributed by atoms with Crippen molar-refractivity contribution >= 4 is 5.97 Å². The molecule has 0 amide bonds. The SMILES string of the molecule is CCC(C)(C)C(C)(CC(C)(C)C)C(=O)OCCOC(C)(C)C. The first kappa shape index (κ1) is 21.4. The molecule has 0 spiro atoms. The Bertz CT molecular complexity index is 358. The van der Waals surface area contributed by atoms with Crippen LogP contribution in [-0.2, 0) is 14.3 Å². The van der Waals surface area contributed by atoms with Gasteiger partial charge in [-0.15, -0.1) is 0 Å². The maximum absolute atomic E-state index is 12.8. The van der Waals surface area contributed by atoms with Gasteiger partial charge >= 0.3 is 5.97 Å². The van der Waals surface area contributed by atoms with Crippen molar-refractivity contribution in [2.75, 3.05) is 13.2 Å². The van der Waals surface area contributed by atoms with Gasteiger partial charge in [-0.1, -0.05) is 41.5 Å². The van der Waals surface area contributed by atoms with Gasteiger partial charge in [-0.05, 0) is 51.4 Å². The fourth-order valence-electron chi connectivity index (χ4n) is 2.68. The van der Waals surface area contributed by atoms with Crippen molar-refractivity contribution in [2.24, 2.45) is 16.2 Å². The second kappa shape index (κ2) is 7.33. The monoisotopic (exact) mass is 314 g/mol. The van der Waals surface area contributed by atoms with Crippen LogP contribution in [-0.4, -0.2) is 24.8 Å². The fraction of sp³-hybridized carbons (Fsp3) is 0.947. The first-order chi connectivity index (χ1) is 9.65. The molecule has 0 rings (SSSR count). The van der Waals surface area contributed by atoms with E-state index >= 15 is 0 Å². The Morgan fingerprint density at radius 2 is 1.36 bits per heavy atom. The molecule has 0 bridgehead atoms. The number of rotatable bonds is 7. The number of ether oxygens (including phenoxy) is 2. The molecule has 1 unspecified atom stereocenters. The highest BCUT2D eigenvalue weighted by molar-refractivity contribution is 5.77. The summed E-state index contributed by atoms with van der Waals surface area (Å²) < 4.78 is 11.2. The van der Waals surface area contributed by atoms with Crippen LogP contribution in [0, 0.1) is 16.2 Å². The zero-order valence-corrected chi connectivity index (χ0v) is 16.6. The molecule has 0 radical (unpaired) electrons. The van der Waals surface area contributed by atoms with E-state index in [1.165, 1.54) is 0 Å². The summed E-state index contributed by atoms with van der Waals surface area (Å²) in [6, 6.07) is 0. The first-order valence-electron chi connectivity index (χ1n) is 8.46. The first-order valence-corrected chi connectivity index (χ1v) is 8.46. The highest BCUT2D eigenvalue weighted by Gasteiger charge is 2.49. The van der Waals surface area contributed by atoms with Crippen LogP contribution in [0.4, 0.5) is 0 Å². The molecule has 0 aromatic heterocycles. The zero-order valence-electron chi connectivity index (χ0n) is 16.6. The number of esters is 1. The Morgan fingerprint density at radius 3 is 1.73 bits per heavy atom. The van der Waals surface area contributed by atoms with E-state index in [1.54, 1.807) is 0 Å². The Balaban J connectivity index is 4.93.